The Labute approximate surface area is 80.6 Å². The van der Waals surface area contributed by atoms with Crippen LogP contribution in [0.15, 0.2) is 6.07 Å². The van der Waals surface area contributed by atoms with Gasteiger partial charge in [-0.05, 0) is 0 Å². The molecule has 1 atom stereocenters. The van der Waals surface area contributed by atoms with Gasteiger partial charge in [-0.2, -0.15) is 5.10 Å². The smallest absolute Gasteiger partial charge is 0.358 e. The predicted octanol–water partition coefficient (Wildman–Crippen LogP) is -0.611. The van der Waals surface area contributed by atoms with Crippen LogP contribution in [0.1, 0.15) is 10.5 Å². The molecule has 6 nitrogen and oxygen atoms in total. The van der Waals surface area contributed by atoms with E-state index in [9.17, 15) is 4.79 Å². The van der Waals surface area contributed by atoms with Gasteiger partial charge in [-0.1, -0.05) is 0 Å². The molecule has 0 fully saturated rings. The van der Waals surface area contributed by atoms with E-state index in [0.717, 1.165) is 0 Å². The first-order valence-corrected chi connectivity index (χ1v) is 4.25. The summed E-state index contributed by atoms with van der Waals surface area (Å²) < 4.78 is 11.4. The van der Waals surface area contributed by atoms with Crippen molar-refractivity contribution < 1.29 is 14.3 Å². The van der Waals surface area contributed by atoms with Crippen molar-refractivity contribution in [3.8, 4) is 5.88 Å². The molecule has 0 bridgehead atoms. The monoisotopic (exact) mass is 197 g/mol. The number of fused-ring (bicyclic) bond motifs is 1. The van der Waals surface area contributed by atoms with Crippen molar-refractivity contribution in [2.24, 2.45) is 5.73 Å². The molecule has 0 saturated carbocycles. The lowest BCUT2D eigenvalue weighted by Crippen LogP contribution is -2.37. The average molecular weight is 197 g/mol. The van der Waals surface area contributed by atoms with Gasteiger partial charge in [0.25, 0.3) is 0 Å². The fourth-order valence-electron chi connectivity index (χ4n) is 1.32. The molecular formula is C8H11N3O3. The molecule has 0 amide bonds. The molecule has 0 radical (unpaired) electrons. The number of nitrogens with zero attached hydrogens (tertiary/aromatic N) is 2. The normalized spacial score (nSPS) is 19.7. The van der Waals surface area contributed by atoms with Gasteiger partial charge in [0.15, 0.2) is 5.69 Å². The molecule has 0 aliphatic carbocycles. The summed E-state index contributed by atoms with van der Waals surface area (Å²) in [6.07, 6.45) is 0. The Hall–Kier alpha value is -1.56. The minimum absolute atomic E-state index is 0.0760. The van der Waals surface area contributed by atoms with Crippen LogP contribution in [0.5, 0.6) is 5.88 Å². The summed E-state index contributed by atoms with van der Waals surface area (Å²) in [5.74, 6) is 0.0937. The molecule has 2 heterocycles. The molecule has 0 saturated heterocycles. The van der Waals surface area contributed by atoms with Crippen LogP contribution in [0, 0.1) is 0 Å². The molecule has 1 aliphatic rings. The van der Waals surface area contributed by atoms with Crippen molar-refractivity contribution in [1.82, 2.24) is 9.78 Å². The van der Waals surface area contributed by atoms with Gasteiger partial charge in [0.2, 0.25) is 5.88 Å². The summed E-state index contributed by atoms with van der Waals surface area (Å²) in [6, 6.07) is 1.48. The molecule has 2 N–H and O–H groups in total. The number of hydrogen-bond acceptors (Lipinski definition) is 5. The molecule has 0 spiro atoms. The Balaban J connectivity index is 2.27. The van der Waals surface area contributed by atoms with Crippen LogP contribution in [0.3, 0.4) is 0 Å². The molecule has 6 heteroatoms. The van der Waals surface area contributed by atoms with Crippen molar-refractivity contribution >= 4 is 5.97 Å². The molecule has 1 aromatic rings. The van der Waals surface area contributed by atoms with Crippen molar-refractivity contribution in [2.75, 3.05) is 13.7 Å². The second-order valence-electron chi connectivity index (χ2n) is 3.11. The third-order valence-corrected chi connectivity index (χ3v) is 1.99. The highest BCUT2D eigenvalue weighted by molar-refractivity contribution is 5.87. The lowest BCUT2D eigenvalue weighted by Gasteiger charge is -2.19. The van der Waals surface area contributed by atoms with Gasteiger partial charge < -0.3 is 15.2 Å². The number of aromatic nitrogens is 2. The summed E-state index contributed by atoms with van der Waals surface area (Å²) in [6.45, 7) is 1.01. The Kier molecular flexibility index (Phi) is 2.12. The van der Waals surface area contributed by atoms with E-state index in [1.165, 1.54) is 7.11 Å². The minimum atomic E-state index is -0.468. The minimum Gasteiger partial charge on any atom is -0.476 e. The van der Waals surface area contributed by atoms with E-state index >= 15 is 0 Å². The second kappa shape index (κ2) is 3.30. The number of rotatable bonds is 1. The van der Waals surface area contributed by atoms with Crippen molar-refractivity contribution in [3.63, 3.8) is 0 Å². The SMILES string of the molecule is COC(=O)c1cc2n(n1)CC(N)CO2. The summed E-state index contributed by atoms with van der Waals surface area (Å²) in [5, 5.41) is 4.01. The zero-order valence-corrected chi connectivity index (χ0v) is 7.77. The van der Waals surface area contributed by atoms with Crippen LogP contribution >= 0.6 is 0 Å². The molecule has 2 rings (SSSR count). The number of carbonyl (C=O) groups excluding carboxylic acids is 1. The van der Waals surface area contributed by atoms with Crippen molar-refractivity contribution in [3.05, 3.63) is 11.8 Å². The quantitative estimate of drug-likeness (QED) is 0.607. The van der Waals surface area contributed by atoms with Crippen LogP contribution in [0.25, 0.3) is 0 Å². The fraction of sp³-hybridized carbons (Fsp3) is 0.500. The molecule has 1 unspecified atom stereocenters. The van der Waals surface area contributed by atoms with Gasteiger partial charge in [0, 0.05) is 6.07 Å². The average Bonchev–Trinajstić information content (AvgIpc) is 2.59. The Morgan fingerprint density at radius 2 is 2.64 bits per heavy atom. The lowest BCUT2D eigenvalue weighted by molar-refractivity contribution is 0.0593. The maximum absolute atomic E-state index is 11.1. The summed E-state index contributed by atoms with van der Waals surface area (Å²) >= 11 is 0. The van der Waals surface area contributed by atoms with Crippen LogP contribution in [-0.4, -0.2) is 35.5 Å². The summed E-state index contributed by atoms with van der Waals surface area (Å²) in [7, 11) is 1.31. The highest BCUT2D eigenvalue weighted by Gasteiger charge is 2.21. The Bertz CT molecular complexity index is 361. The van der Waals surface area contributed by atoms with E-state index in [-0.39, 0.29) is 11.7 Å². The highest BCUT2D eigenvalue weighted by atomic mass is 16.5. The number of ether oxygens (including phenoxy) is 2. The number of nitrogens with two attached hydrogens (primary N) is 1. The second-order valence-corrected chi connectivity index (χ2v) is 3.11. The van der Waals surface area contributed by atoms with Crippen LogP contribution in [0.2, 0.25) is 0 Å². The Morgan fingerprint density at radius 3 is 3.36 bits per heavy atom. The summed E-state index contributed by atoms with van der Waals surface area (Å²) in [4.78, 5) is 11.1. The zero-order valence-electron chi connectivity index (χ0n) is 7.77. The first-order valence-electron chi connectivity index (χ1n) is 4.25. The Morgan fingerprint density at radius 1 is 1.86 bits per heavy atom. The molecule has 0 aromatic carbocycles. The largest absolute Gasteiger partial charge is 0.476 e. The van der Waals surface area contributed by atoms with E-state index in [4.69, 9.17) is 10.5 Å². The number of carbonyl (C=O) groups is 1. The van der Waals surface area contributed by atoms with Gasteiger partial charge in [-0.25, -0.2) is 9.48 Å². The maximum atomic E-state index is 11.1. The van der Waals surface area contributed by atoms with Crippen molar-refractivity contribution in [2.45, 2.75) is 12.6 Å². The number of methoxy groups -OCH3 is 1. The molecule has 14 heavy (non-hydrogen) atoms. The number of hydrogen-bond donors (Lipinski definition) is 1. The van der Waals surface area contributed by atoms with Gasteiger partial charge >= 0.3 is 5.97 Å². The molecular weight excluding hydrogens is 186 g/mol. The van der Waals surface area contributed by atoms with Crippen LogP contribution < -0.4 is 10.5 Å². The van der Waals surface area contributed by atoms with Crippen LogP contribution in [-0.2, 0) is 11.3 Å². The third-order valence-electron chi connectivity index (χ3n) is 1.99. The van der Waals surface area contributed by atoms with E-state index < -0.39 is 5.97 Å². The molecule has 76 valence electrons. The topological polar surface area (TPSA) is 79.4 Å². The van der Waals surface area contributed by atoms with E-state index in [0.29, 0.717) is 19.0 Å². The first-order chi connectivity index (χ1) is 6.70. The standard InChI is InChI=1S/C8H11N3O3/c1-13-8(12)6-2-7-11(10-6)3-5(9)4-14-7/h2,5H,3-4,9H2,1H3. The third kappa shape index (κ3) is 1.44. The van der Waals surface area contributed by atoms with Crippen molar-refractivity contribution in [1.29, 1.82) is 0 Å². The zero-order chi connectivity index (χ0) is 10.1. The van der Waals surface area contributed by atoms with Gasteiger partial charge in [-0.3, -0.25) is 0 Å². The highest BCUT2D eigenvalue weighted by Crippen LogP contribution is 2.18. The first kappa shape index (κ1) is 9.01. The molecule has 1 aromatic heterocycles. The fourth-order valence-corrected chi connectivity index (χ4v) is 1.32. The summed E-state index contributed by atoms with van der Waals surface area (Å²) in [5.41, 5.74) is 5.91. The van der Waals surface area contributed by atoms with Crippen LogP contribution in [0.4, 0.5) is 0 Å². The number of esters is 1. The lowest BCUT2D eigenvalue weighted by atomic mass is 10.3. The van der Waals surface area contributed by atoms with E-state index in [1.54, 1.807) is 10.7 Å². The van der Waals surface area contributed by atoms with Gasteiger partial charge in [0.05, 0.1) is 19.7 Å². The predicted molar refractivity (Wildman–Crippen MR) is 47.0 cm³/mol. The maximum Gasteiger partial charge on any atom is 0.358 e. The van der Waals surface area contributed by atoms with E-state index in [2.05, 4.69) is 9.84 Å². The van der Waals surface area contributed by atoms with Gasteiger partial charge in [0.1, 0.15) is 6.61 Å². The molecule has 1 aliphatic heterocycles. The van der Waals surface area contributed by atoms with E-state index in [1.807, 2.05) is 0 Å². The van der Waals surface area contributed by atoms with Gasteiger partial charge in [-0.15, -0.1) is 0 Å².